The smallest absolute Gasteiger partial charge is 0.283 e. The summed E-state index contributed by atoms with van der Waals surface area (Å²) in [6.07, 6.45) is 1.60. The number of fused-ring (bicyclic) bond motifs is 1. The molecule has 0 aliphatic rings. The predicted molar refractivity (Wildman–Crippen MR) is 169 cm³/mol. The topological polar surface area (TPSA) is 123 Å². The van der Waals surface area contributed by atoms with E-state index in [-0.39, 0.29) is 17.3 Å². The Morgan fingerprint density at radius 3 is 2.51 bits per heavy atom. The number of nitrogens with one attached hydrogen (secondary N) is 1. The van der Waals surface area contributed by atoms with Gasteiger partial charge in [-0.2, -0.15) is 0 Å². The molecule has 2 aromatic heterocycles. The first-order valence-corrected chi connectivity index (χ1v) is 15.8. The number of thioether (sulfide) groups is 1. The summed E-state index contributed by atoms with van der Waals surface area (Å²) in [4.78, 5) is 33.6. The van der Waals surface area contributed by atoms with Crippen molar-refractivity contribution in [2.45, 2.75) is 41.3 Å². The minimum atomic E-state index is -0.403. The van der Waals surface area contributed by atoms with Crippen LogP contribution in [0.25, 0.3) is 10.2 Å². The van der Waals surface area contributed by atoms with Gasteiger partial charge >= 0.3 is 0 Å². The second kappa shape index (κ2) is 12.5. The number of aryl methyl sites for hydroxylation is 4. The molecule has 1 N–H and O–H groups in total. The Labute approximate surface area is 252 Å². The third kappa shape index (κ3) is 7.17. The van der Waals surface area contributed by atoms with Crippen LogP contribution in [-0.2, 0) is 4.79 Å². The van der Waals surface area contributed by atoms with Gasteiger partial charge in [0.05, 0.1) is 31.5 Å². The molecular weight excluding hydrogens is 597 g/mol. The van der Waals surface area contributed by atoms with Gasteiger partial charge < -0.3 is 5.32 Å². The van der Waals surface area contributed by atoms with Crippen molar-refractivity contribution in [3.8, 4) is 0 Å². The highest BCUT2D eigenvalue weighted by Gasteiger charge is 2.17. The maximum absolute atomic E-state index is 12.6. The Bertz CT molecular complexity index is 1790. The number of carbonyl (C=O) groups is 1. The number of rotatable bonds is 9. The normalized spacial score (nSPS) is 11.4. The van der Waals surface area contributed by atoms with Gasteiger partial charge in [-0.3, -0.25) is 19.9 Å². The number of benzene rings is 3. The third-order valence-corrected chi connectivity index (χ3v) is 9.98. The molecule has 5 aromatic rings. The summed E-state index contributed by atoms with van der Waals surface area (Å²) in [6, 6.07) is 14.8. The molecule has 5 rings (SSSR count). The van der Waals surface area contributed by atoms with Crippen molar-refractivity contribution in [2.24, 2.45) is 4.99 Å². The highest BCUT2D eigenvalue weighted by molar-refractivity contribution is 8.01. The van der Waals surface area contributed by atoms with Crippen molar-refractivity contribution in [3.05, 3.63) is 85.9 Å². The molecule has 1 amide bonds. The number of hydrogen-bond donors (Lipinski definition) is 1. The summed E-state index contributed by atoms with van der Waals surface area (Å²) >= 11 is 5.51. The average molecular weight is 621 g/mol. The lowest BCUT2D eigenvalue weighted by atomic mass is 10.1. The fraction of sp³-hybridized carbons (Fsp3) is 0.179. The van der Waals surface area contributed by atoms with E-state index in [1.54, 1.807) is 18.3 Å². The number of aromatic nitrogens is 3. The van der Waals surface area contributed by atoms with Crippen LogP contribution in [0, 0.1) is 37.8 Å². The molecule has 9 nitrogen and oxygen atoms in total. The first kappa shape index (κ1) is 28.9. The second-order valence-corrected chi connectivity index (χ2v) is 13.9. The molecule has 13 heteroatoms. The van der Waals surface area contributed by atoms with Crippen LogP contribution in [0.4, 0.5) is 17.1 Å². The Morgan fingerprint density at radius 2 is 1.80 bits per heavy atom. The van der Waals surface area contributed by atoms with Crippen LogP contribution >= 0.6 is 46.2 Å². The zero-order valence-electron chi connectivity index (χ0n) is 22.5. The number of nitro benzene ring substituents is 1. The largest absolute Gasteiger partial charge is 0.325 e. The summed E-state index contributed by atoms with van der Waals surface area (Å²) in [7, 11) is 0. The molecule has 0 saturated carbocycles. The summed E-state index contributed by atoms with van der Waals surface area (Å²) in [5.41, 5.74) is 6.24. The second-order valence-electron chi connectivity index (χ2n) is 9.17. The van der Waals surface area contributed by atoms with E-state index in [0.717, 1.165) is 36.4 Å². The fourth-order valence-corrected chi connectivity index (χ4v) is 7.88. The number of nitrogens with zero attached hydrogens (tertiary/aromatic N) is 5. The average Bonchev–Trinajstić information content (AvgIpc) is 3.53. The van der Waals surface area contributed by atoms with E-state index in [0.29, 0.717) is 20.5 Å². The van der Waals surface area contributed by atoms with E-state index in [1.165, 1.54) is 57.8 Å². The SMILES string of the molecule is Cc1cc(C)c(NC(=O)CSc2nc3ccc(N=Cc4ccc(Sc5nnc(C)s5)c([N+](=O)[O-])c4)cc3s2)c(C)c1. The molecule has 0 bridgehead atoms. The van der Waals surface area contributed by atoms with Crippen molar-refractivity contribution in [1.29, 1.82) is 0 Å². The molecule has 0 aliphatic heterocycles. The molecule has 0 unspecified atom stereocenters. The number of anilines is 1. The number of aliphatic imine (C=N–C) groups is 1. The third-order valence-electron chi connectivity index (χ3n) is 5.87. The zero-order chi connectivity index (χ0) is 29.1. The molecule has 0 spiro atoms. The first-order valence-electron chi connectivity index (χ1n) is 12.4. The lowest BCUT2D eigenvalue weighted by molar-refractivity contribution is -0.387. The molecule has 0 atom stereocenters. The lowest BCUT2D eigenvalue weighted by Crippen LogP contribution is -2.15. The van der Waals surface area contributed by atoms with Gasteiger partial charge in [0.25, 0.3) is 5.69 Å². The van der Waals surface area contributed by atoms with E-state index in [1.807, 2.05) is 45.9 Å². The van der Waals surface area contributed by atoms with E-state index in [4.69, 9.17) is 0 Å². The van der Waals surface area contributed by atoms with Gasteiger partial charge in [-0.25, -0.2) is 4.98 Å². The maximum Gasteiger partial charge on any atom is 0.283 e. The first-order chi connectivity index (χ1) is 19.6. The molecular formula is C28H24N6O3S4. The minimum Gasteiger partial charge on any atom is -0.325 e. The number of thiazole rings is 1. The molecule has 208 valence electrons. The van der Waals surface area contributed by atoms with Gasteiger partial charge in [-0.15, -0.1) is 21.5 Å². The number of hydrogen-bond acceptors (Lipinski definition) is 11. The molecule has 0 radical (unpaired) electrons. The van der Waals surface area contributed by atoms with Crippen LogP contribution in [-0.4, -0.2) is 38.0 Å². The van der Waals surface area contributed by atoms with Gasteiger partial charge in [-0.1, -0.05) is 58.6 Å². The van der Waals surface area contributed by atoms with Gasteiger partial charge in [0.2, 0.25) is 5.91 Å². The van der Waals surface area contributed by atoms with Gasteiger partial charge in [0.15, 0.2) is 8.68 Å². The highest BCUT2D eigenvalue weighted by Crippen LogP contribution is 2.37. The zero-order valence-corrected chi connectivity index (χ0v) is 25.8. The van der Waals surface area contributed by atoms with Crippen molar-refractivity contribution in [3.63, 3.8) is 0 Å². The standard InChI is InChI=1S/C28H24N6O3S4/c1-15-9-16(2)26(17(3)10-15)31-25(35)14-38-27-30-21-7-6-20(12-24(21)41-27)29-13-19-5-8-23(22(11-19)34(36)37)40-28-33-32-18(4)39-28/h5-13H,14H2,1-4H3,(H,31,35). The number of nitro groups is 1. The Hall–Kier alpha value is -3.65. The Morgan fingerprint density at radius 1 is 1.02 bits per heavy atom. The lowest BCUT2D eigenvalue weighted by Gasteiger charge is -2.12. The minimum absolute atomic E-state index is 0.0110. The predicted octanol–water partition coefficient (Wildman–Crippen LogP) is 7.92. The Kier molecular flexibility index (Phi) is 8.78. The van der Waals surface area contributed by atoms with E-state index >= 15 is 0 Å². The van der Waals surface area contributed by atoms with Crippen molar-refractivity contribution >= 4 is 85.6 Å². The van der Waals surface area contributed by atoms with Crippen LogP contribution in [0.5, 0.6) is 0 Å². The fourth-order valence-electron chi connectivity index (χ4n) is 4.12. The molecule has 41 heavy (non-hydrogen) atoms. The van der Waals surface area contributed by atoms with Crippen LogP contribution in [0.2, 0.25) is 0 Å². The number of carbonyl (C=O) groups excluding carboxylic acids is 1. The van der Waals surface area contributed by atoms with E-state index < -0.39 is 4.92 Å². The quantitative estimate of drug-likeness (QED) is 0.0763. The van der Waals surface area contributed by atoms with Crippen LogP contribution in [0.1, 0.15) is 27.3 Å². The van der Waals surface area contributed by atoms with Crippen molar-refractivity contribution < 1.29 is 9.72 Å². The van der Waals surface area contributed by atoms with Gasteiger partial charge in [-0.05, 0) is 68.7 Å². The molecule has 0 saturated heterocycles. The van der Waals surface area contributed by atoms with Crippen LogP contribution in [0.3, 0.4) is 0 Å². The molecule has 2 heterocycles. The summed E-state index contributed by atoms with van der Waals surface area (Å²) in [5.74, 6) is 0.176. The monoisotopic (exact) mass is 620 g/mol. The maximum atomic E-state index is 12.6. The van der Waals surface area contributed by atoms with E-state index in [2.05, 4.69) is 37.6 Å². The Balaban J connectivity index is 1.25. The summed E-state index contributed by atoms with van der Waals surface area (Å²) < 4.78 is 2.39. The van der Waals surface area contributed by atoms with Crippen LogP contribution in [0.15, 0.2) is 67.1 Å². The summed E-state index contributed by atoms with van der Waals surface area (Å²) in [5, 5.41) is 23.5. The van der Waals surface area contributed by atoms with Crippen LogP contribution < -0.4 is 5.32 Å². The van der Waals surface area contributed by atoms with Crippen molar-refractivity contribution in [2.75, 3.05) is 11.1 Å². The molecule has 0 fully saturated rings. The van der Waals surface area contributed by atoms with E-state index in [9.17, 15) is 14.9 Å². The van der Waals surface area contributed by atoms with Gasteiger partial charge in [0.1, 0.15) is 5.01 Å². The highest BCUT2D eigenvalue weighted by atomic mass is 32.2. The number of amides is 1. The summed E-state index contributed by atoms with van der Waals surface area (Å²) in [6.45, 7) is 7.87. The van der Waals surface area contributed by atoms with Gasteiger partial charge in [0, 0.05) is 18.0 Å². The molecule has 0 aliphatic carbocycles. The van der Waals surface area contributed by atoms with Crippen molar-refractivity contribution in [1.82, 2.24) is 15.2 Å². The molecule has 3 aromatic carbocycles.